The zero-order valence-electron chi connectivity index (χ0n) is 34.1. The molecule has 0 unspecified atom stereocenters. The quantitative estimate of drug-likeness (QED) is 0.0495. The van der Waals surface area contributed by atoms with Gasteiger partial charge in [0.2, 0.25) is 0 Å². The molecule has 0 saturated heterocycles. The molecule has 0 radical (unpaired) electrons. The maximum Gasteiger partial charge on any atom is 0.322 e. The minimum absolute atomic E-state index is 0.0773. The number of anilines is 2. The lowest BCUT2D eigenvalue weighted by Gasteiger charge is -2.31. The Bertz CT molecular complexity index is 1970. The Labute approximate surface area is 341 Å². The number of methoxy groups -OCH3 is 1. The molecule has 4 aromatic rings. The fraction of sp³-hybridized carbons (Fsp3) is 0.375. The minimum Gasteiger partial charge on any atom is -0.490 e. The first kappa shape index (κ1) is 45.0. The van der Waals surface area contributed by atoms with Gasteiger partial charge in [0.15, 0.2) is 5.75 Å². The molecule has 0 aliphatic heterocycles. The molecule has 1 aromatic carbocycles. The minimum atomic E-state index is -0.558. The first-order valence-electron chi connectivity index (χ1n) is 18.7. The predicted octanol–water partition coefficient (Wildman–Crippen LogP) is 4.35. The first-order chi connectivity index (χ1) is 28.3. The van der Waals surface area contributed by atoms with Crippen molar-refractivity contribution >= 4 is 41.2 Å². The second kappa shape index (κ2) is 21.7. The summed E-state index contributed by atoms with van der Waals surface area (Å²) in [6.07, 6.45) is 0. The molecule has 0 aliphatic rings. The van der Waals surface area contributed by atoms with Gasteiger partial charge < -0.3 is 23.7 Å². The summed E-state index contributed by atoms with van der Waals surface area (Å²) in [5.74, 6) is -1.47. The molecule has 19 nitrogen and oxygen atoms in total. The van der Waals surface area contributed by atoms with E-state index in [9.17, 15) is 29.3 Å². The molecular weight excluding hydrogens is 768 g/mol. The van der Waals surface area contributed by atoms with Gasteiger partial charge in [0.25, 0.3) is 0 Å². The third-order valence-electron chi connectivity index (χ3n) is 8.51. The molecule has 19 heteroatoms. The molecule has 0 aliphatic carbocycles. The van der Waals surface area contributed by atoms with Crippen LogP contribution in [0.25, 0.3) is 33.9 Å². The van der Waals surface area contributed by atoms with E-state index in [1.807, 2.05) is 0 Å². The van der Waals surface area contributed by atoms with Crippen LogP contribution in [0.2, 0.25) is 0 Å². The molecule has 0 atom stereocenters. The van der Waals surface area contributed by atoms with E-state index in [1.165, 1.54) is 39.3 Å². The average molecular weight is 817 g/mol. The van der Waals surface area contributed by atoms with Crippen molar-refractivity contribution in [3.8, 4) is 39.7 Å². The van der Waals surface area contributed by atoms with Crippen LogP contribution in [-0.4, -0.2) is 128 Å². The molecule has 0 amide bonds. The van der Waals surface area contributed by atoms with E-state index in [-0.39, 0.29) is 64.0 Å². The number of nitro groups is 1. The van der Waals surface area contributed by atoms with Crippen molar-refractivity contribution in [1.29, 1.82) is 0 Å². The summed E-state index contributed by atoms with van der Waals surface area (Å²) < 4.78 is 25.8. The molecule has 0 saturated carbocycles. The van der Waals surface area contributed by atoms with Crippen molar-refractivity contribution < 1.29 is 47.8 Å². The normalized spacial score (nSPS) is 10.9. The highest BCUT2D eigenvalue weighted by molar-refractivity contribution is 5.79. The number of hydrogen-bond donors (Lipinski definition) is 0. The fourth-order valence-electron chi connectivity index (χ4n) is 5.71. The number of esters is 4. The summed E-state index contributed by atoms with van der Waals surface area (Å²) in [6, 6.07) is 18.2. The third-order valence-corrected chi connectivity index (χ3v) is 8.51. The van der Waals surface area contributed by atoms with Crippen LogP contribution >= 0.6 is 0 Å². The number of nitrogens with zero attached hydrogens (tertiary/aromatic N) is 8. The number of rotatable bonds is 21. The van der Waals surface area contributed by atoms with Crippen molar-refractivity contribution in [2.24, 2.45) is 0 Å². The van der Waals surface area contributed by atoms with Crippen LogP contribution in [0.1, 0.15) is 27.7 Å². The van der Waals surface area contributed by atoms with E-state index in [2.05, 4.69) is 0 Å². The molecule has 3 heterocycles. The number of nitro benzene ring substituents is 1. The number of pyridine rings is 3. The highest BCUT2D eigenvalue weighted by atomic mass is 16.6. The van der Waals surface area contributed by atoms with Crippen molar-refractivity contribution in [2.75, 3.05) is 83.8 Å². The summed E-state index contributed by atoms with van der Waals surface area (Å²) in [4.78, 5) is 76.3. The van der Waals surface area contributed by atoms with Gasteiger partial charge in [-0.05, 0) is 81.3 Å². The number of hydrogen-bond acceptors (Lipinski definition) is 18. The lowest BCUT2D eigenvalue weighted by molar-refractivity contribution is -0.385. The Hall–Kier alpha value is -6.73. The molecule has 0 bridgehead atoms. The standard InChI is InChI=1S/C40H48N8O11/c1-8-56-37(49)23-46(24-38(50)57-9-2)44(5)35-16-12-14-29(42-35)31-20-28(27-18-19-34(55-7)33(22-27)48(53)54)21-32(41-31)30-15-13-17-36(43-30)45(6)47(25-39(51)58-10-3)26-40(52)59-11-4/h12-22H,8-11,23-26H2,1-7H3. The second-order valence-corrected chi connectivity index (χ2v) is 12.4. The first-order valence-corrected chi connectivity index (χ1v) is 18.7. The van der Waals surface area contributed by atoms with Gasteiger partial charge in [-0.2, -0.15) is 10.0 Å². The van der Waals surface area contributed by atoms with Crippen molar-refractivity contribution in [3.63, 3.8) is 0 Å². The Balaban J connectivity index is 1.85. The number of carbonyl (C=O) groups is 4. The second-order valence-electron chi connectivity index (χ2n) is 12.4. The van der Waals surface area contributed by atoms with Crippen LogP contribution < -0.4 is 14.8 Å². The van der Waals surface area contributed by atoms with E-state index in [4.69, 9.17) is 38.6 Å². The van der Waals surface area contributed by atoms with Crippen molar-refractivity contribution in [2.45, 2.75) is 27.7 Å². The predicted molar refractivity (Wildman–Crippen MR) is 216 cm³/mol. The molecular formula is C40H48N8O11. The van der Waals surface area contributed by atoms with Gasteiger partial charge in [0.1, 0.15) is 37.8 Å². The fourth-order valence-corrected chi connectivity index (χ4v) is 5.71. The zero-order valence-corrected chi connectivity index (χ0v) is 34.1. The van der Waals surface area contributed by atoms with E-state index in [1.54, 1.807) is 96.4 Å². The summed E-state index contributed by atoms with van der Waals surface area (Å²) >= 11 is 0. The Morgan fingerprint density at radius 2 is 0.983 bits per heavy atom. The van der Waals surface area contributed by atoms with Crippen LogP contribution in [0, 0.1) is 10.1 Å². The van der Waals surface area contributed by atoms with Crippen LogP contribution in [0.5, 0.6) is 5.75 Å². The van der Waals surface area contributed by atoms with Gasteiger partial charge in [-0.25, -0.2) is 15.0 Å². The van der Waals surface area contributed by atoms with Crippen LogP contribution in [0.4, 0.5) is 17.3 Å². The van der Waals surface area contributed by atoms with Crippen molar-refractivity contribution in [3.05, 3.63) is 76.8 Å². The third kappa shape index (κ3) is 12.4. The molecule has 0 spiro atoms. The van der Waals surface area contributed by atoms with E-state index < -0.39 is 28.8 Å². The zero-order chi connectivity index (χ0) is 43.1. The highest BCUT2D eigenvalue weighted by Crippen LogP contribution is 2.35. The average Bonchev–Trinajstić information content (AvgIpc) is 3.22. The monoisotopic (exact) mass is 816 g/mol. The Morgan fingerprint density at radius 1 is 0.576 bits per heavy atom. The number of ether oxygens (including phenoxy) is 5. The van der Waals surface area contributed by atoms with Gasteiger partial charge in [0, 0.05) is 20.2 Å². The molecule has 4 rings (SSSR count). The number of carbonyl (C=O) groups excluding carboxylic acids is 4. The van der Waals surface area contributed by atoms with Gasteiger partial charge >= 0.3 is 29.6 Å². The van der Waals surface area contributed by atoms with Gasteiger partial charge in [-0.1, -0.05) is 18.2 Å². The molecule has 59 heavy (non-hydrogen) atoms. The summed E-state index contributed by atoms with van der Waals surface area (Å²) in [6.45, 7) is 6.26. The lowest BCUT2D eigenvalue weighted by Crippen LogP contribution is -2.47. The van der Waals surface area contributed by atoms with Crippen LogP contribution in [0.3, 0.4) is 0 Å². The van der Waals surface area contributed by atoms with Crippen LogP contribution in [0.15, 0.2) is 66.7 Å². The van der Waals surface area contributed by atoms with E-state index in [0.29, 0.717) is 45.5 Å². The van der Waals surface area contributed by atoms with Crippen molar-refractivity contribution in [1.82, 2.24) is 25.0 Å². The smallest absolute Gasteiger partial charge is 0.322 e. The molecule has 3 aromatic heterocycles. The molecule has 314 valence electrons. The molecule has 0 N–H and O–H groups in total. The summed E-state index contributed by atoms with van der Waals surface area (Å²) in [7, 11) is 4.61. The maximum atomic E-state index is 12.5. The lowest BCUT2D eigenvalue weighted by atomic mass is 10.0. The number of benzene rings is 1. The summed E-state index contributed by atoms with van der Waals surface area (Å²) in [5.41, 5.74) is 2.18. The molecule has 0 fully saturated rings. The topological polar surface area (TPSA) is 209 Å². The highest BCUT2D eigenvalue weighted by Gasteiger charge is 2.25. The van der Waals surface area contributed by atoms with Gasteiger partial charge in [0.05, 0.1) is 61.2 Å². The van der Waals surface area contributed by atoms with Crippen LogP contribution in [-0.2, 0) is 38.1 Å². The number of aromatic nitrogens is 3. The maximum absolute atomic E-state index is 12.5. The van der Waals surface area contributed by atoms with Gasteiger partial charge in [-0.3, -0.25) is 39.3 Å². The Morgan fingerprint density at radius 3 is 1.34 bits per heavy atom. The van der Waals surface area contributed by atoms with E-state index in [0.717, 1.165) is 0 Å². The summed E-state index contributed by atoms with van der Waals surface area (Å²) in [5, 5.41) is 18.0. The van der Waals surface area contributed by atoms with E-state index >= 15 is 0 Å². The van der Waals surface area contributed by atoms with Gasteiger partial charge in [-0.15, -0.1) is 0 Å². The largest absolute Gasteiger partial charge is 0.490 e. The number of hydrazine groups is 2. The Kier molecular flexibility index (Phi) is 16.5. The SMILES string of the molecule is CCOC(=O)CN(CC(=O)OCC)N(C)c1cccc(-c2cc(-c3ccc(OC)c([N+](=O)[O-])c3)cc(-c3cccc(N(C)N(CC(=O)OCC)CC(=O)OCC)n3)n2)n1.